The number of nitrogens with zero attached hydrogens (tertiary/aromatic N) is 2. The van der Waals surface area contributed by atoms with Gasteiger partial charge in [0.15, 0.2) is 0 Å². The second-order valence-electron chi connectivity index (χ2n) is 23.8. The van der Waals surface area contributed by atoms with Gasteiger partial charge in [0.05, 0.1) is 11.4 Å². The van der Waals surface area contributed by atoms with Crippen LogP contribution in [0, 0.1) is 19.7 Å². The van der Waals surface area contributed by atoms with Crippen LogP contribution >= 0.6 is 11.3 Å². The van der Waals surface area contributed by atoms with Crippen molar-refractivity contribution in [2.75, 3.05) is 9.80 Å². The molecule has 0 saturated carbocycles. The molecule has 0 unspecified atom stereocenters. The molecule has 0 saturated heterocycles. The number of rotatable bonds is 3. The standard InChI is InChI=1S/C60H64BFN2S/c1-35-19-24-50-41(29-35)53-55(65-50)61-45-22-21-42-51(60(12,13)28-27-57(42,6)7)54(45)64(47-34-44-43(58(8,9)25-26-59(44,10)11)33-40(47)37-17-15-14-16-18-37)49-32-39(62)31-48(52(49)61)63(53)46-23-20-38(30-36(46)2)56(3,4)5/h14-24,29-34H,25-28H2,1-13H3. The second kappa shape index (κ2) is 14.0. The first-order chi connectivity index (χ1) is 30.6. The fourth-order valence-electron chi connectivity index (χ4n) is 12.3. The lowest BCUT2D eigenvalue weighted by molar-refractivity contribution is 0.332. The van der Waals surface area contributed by atoms with Gasteiger partial charge in [-0.1, -0.05) is 142 Å². The minimum atomic E-state index is -0.218. The highest BCUT2D eigenvalue weighted by Crippen LogP contribution is 2.57. The summed E-state index contributed by atoms with van der Waals surface area (Å²) in [5.74, 6) is -0.218. The molecule has 0 amide bonds. The van der Waals surface area contributed by atoms with Gasteiger partial charge in [-0.25, -0.2) is 4.39 Å². The van der Waals surface area contributed by atoms with E-state index in [4.69, 9.17) is 0 Å². The van der Waals surface area contributed by atoms with E-state index in [1.807, 2.05) is 23.5 Å². The molecule has 330 valence electrons. The van der Waals surface area contributed by atoms with Crippen LogP contribution in [0.3, 0.4) is 0 Å². The summed E-state index contributed by atoms with van der Waals surface area (Å²) in [6.45, 7) is 30.7. The Bertz CT molecular complexity index is 3140. The normalized spacial score (nSPS) is 18.5. The van der Waals surface area contributed by atoms with Gasteiger partial charge in [0.1, 0.15) is 5.82 Å². The van der Waals surface area contributed by atoms with E-state index in [0.29, 0.717) is 0 Å². The van der Waals surface area contributed by atoms with E-state index in [0.717, 1.165) is 48.4 Å². The summed E-state index contributed by atoms with van der Waals surface area (Å²) in [6, 6.07) is 38.6. The Morgan fingerprint density at radius 3 is 1.85 bits per heavy atom. The van der Waals surface area contributed by atoms with E-state index in [2.05, 4.69) is 191 Å². The van der Waals surface area contributed by atoms with E-state index in [9.17, 15) is 0 Å². The van der Waals surface area contributed by atoms with Crippen LogP contribution in [0.4, 0.5) is 38.5 Å². The highest BCUT2D eigenvalue weighted by Gasteiger charge is 2.50. The number of anilines is 6. The lowest BCUT2D eigenvalue weighted by Gasteiger charge is -2.50. The van der Waals surface area contributed by atoms with Crippen molar-refractivity contribution >= 4 is 78.0 Å². The van der Waals surface area contributed by atoms with Gasteiger partial charge in [-0.15, -0.1) is 11.3 Å². The van der Waals surface area contributed by atoms with Crippen molar-refractivity contribution in [1.82, 2.24) is 0 Å². The molecule has 0 N–H and O–H groups in total. The largest absolute Gasteiger partial charge is 0.310 e. The summed E-state index contributed by atoms with van der Waals surface area (Å²) in [6.07, 6.45) is 4.43. The number of benzene rings is 6. The topological polar surface area (TPSA) is 6.48 Å². The lowest BCUT2D eigenvalue weighted by atomic mass is 9.35. The van der Waals surface area contributed by atoms with Crippen LogP contribution in [0.15, 0.2) is 103 Å². The van der Waals surface area contributed by atoms with Gasteiger partial charge in [-0.2, -0.15) is 0 Å². The molecule has 6 aromatic carbocycles. The maximum atomic E-state index is 17.5. The fourth-order valence-corrected chi connectivity index (χ4v) is 13.6. The van der Waals surface area contributed by atoms with Crippen molar-refractivity contribution in [3.8, 4) is 11.1 Å². The molecular formula is C60H64BFN2S. The first-order valence-electron chi connectivity index (χ1n) is 24.1. The van der Waals surface area contributed by atoms with Crippen LogP contribution in [0.5, 0.6) is 0 Å². The third-order valence-corrected chi connectivity index (χ3v) is 17.5. The predicted molar refractivity (Wildman–Crippen MR) is 280 cm³/mol. The third kappa shape index (κ3) is 6.30. The molecule has 2 nitrogen and oxygen atoms in total. The fraction of sp³-hybridized carbons (Fsp3) is 0.367. The Hall–Kier alpha value is -5.13. The summed E-state index contributed by atoms with van der Waals surface area (Å²) in [4.78, 5) is 5.02. The molecule has 0 bridgehead atoms. The van der Waals surface area contributed by atoms with Crippen LogP contribution in [0.2, 0.25) is 0 Å². The molecule has 2 aliphatic carbocycles. The quantitative estimate of drug-likeness (QED) is 0.163. The summed E-state index contributed by atoms with van der Waals surface area (Å²) < 4.78 is 20.1. The van der Waals surface area contributed by atoms with E-state index in [-0.39, 0.29) is 39.6 Å². The molecule has 0 atom stereocenters. The van der Waals surface area contributed by atoms with Gasteiger partial charge in [-0.3, -0.25) is 0 Å². The van der Waals surface area contributed by atoms with E-state index < -0.39 is 0 Å². The molecule has 0 radical (unpaired) electrons. The smallest absolute Gasteiger partial charge is 0.264 e. The summed E-state index contributed by atoms with van der Waals surface area (Å²) in [5.41, 5.74) is 20.6. The molecular weight excluding hydrogens is 811 g/mol. The Kier molecular flexibility index (Phi) is 9.13. The SMILES string of the molecule is Cc1ccc2sc3c(c2c1)N(c1ccc(C(C)(C)C)cc1C)c1cc(F)cc2c1B3c1ccc3c(c1N2c1cc2c(cc1-c1ccccc1)C(C)(C)CCC2(C)C)C(C)(C)CCC3(C)C. The number of thiophene rings is 1. The Balaban J connectivity index is 1.32. The molecule has 2 aliphatic heterocycles. The van der Waals surface area contributed by atoms with Crippen LogP contribution in [-0.4, -0.2) is 6.71 Å². The van der Waals surface area contributed by atoms with E-state index >= 15 is 4.39 Å². The van der Waals surface area contributed by atoms with Crippen LogP contribution < -0.4 is 25.5 Å². The summed E-state index contributed by atoms with van der Waals surface area (Å²) in [7, 11) is 0. The molecule has 4 aliphatic rings. The summed E-state index contributed by atoms with van der Waals surface area (Å²) in [5, 5.41) is 1.23. The zero-order valence-corrected chi connectivity index (χ0v) is 41.7. The zero-order chi connectivity index (χ0) is 45.9. The van der Waals surface area contributed by atoms with Gasteiger partial charge in [-0.05, 0) is 159 Å². The van der Waals surface area contributed by atoms with Crippen LogP contribution in [0.1, 0.15) is 141 Å². The highest BCUT2D eigenvalue weighted by molar-refractivity contribution is 7.33. The second-order valence-corrected chi connectivity index (χ2v) is 24.9. The lowest BCUT2D eigenvalue weighted by Crippen LogP contribution is -2.61. The zero-order valence-electron chi connectivity index (χ0n) is 40.9. The number of hydrogen-bond acceptors (Lipinski definition) is 3. The Morgan fingerprint density at radius 1 is 0.585 bits per heavy atom. The van der Waals surface area contributed by atoms with Gasteiger partial charge in [0.25, 0.3) is 6.71 Å². The molecule has 0 fully saturated rings. The van der Waals surface area contributed by atoms with Crippen molar-refractivity contribution in [1.29, 1.82) is 0 Å². The molecule has 7 aromatic rings. The number of hydrogen-bond donors (Lipinski definition) is 0. The van der Waals surface area contributed by atoms with E-state index in [1.54, 1.807) is 0 Å². The molecule has 0 spiro atoms. The average Bonchev–Trinajstić information content (AvgIpc) is 3.61. The molecule has 3 heterocycles. The van der Waals surface area contributed by atoms with Crippen molar-refractivity contribution < 1.29 is 4.39 Å². The minimum Gasteiger partial charge on any atom is -0.310 e. The van der Waals surface area contributed by atoms with Crippen LogP contribution in [0.25, 0.3) is 21.2 Å². The molecule has 5 heteroatoms. The number of fused-ring (bicyclic) bond motifs is 9. The molecule has 65 heavy (non-hydrogen) atoms. The van der Waals surface area contributed by atoms with Crippen molar-refractivity contribution in [2.45, 2.75) is 143 Å². The monoisotopic (exact) mass is 874 g/mol. The summed E-state index contributed by atoms with van der Waals surface area (Å²) >= 11 is 1.93. The Morgan fingerprint density at radius 2 is 1.20 bits per heavy atom. The predicted octanol–water partition coefficient (Wildman–Crippen LogP) is 15.4. The van der Waals surface area contributed by atoms with Crippen molar-refractivity contribution in [2.24, 2.45) is 0 Å². The van der Waals surface area contributed by atoms with Gasteiger partial charge in [0, 0.05) is 43.2 Å². The number of aryl methyl sites for hydroxylation is 2. The maximum Gasteiger partial charge on any atom is 0.264 e. The first-order valence-corrected chi connectivity index (χ1v) is 24.9. The van der Waals surface area contributed by atoms with Crippen LogP contribution in [-0.2, 0) is 27.1 Å². The average molecular weight is 875 g/mol. The molecule has 1 aromatic heterocycles. The van der Waals surface area contributed by atoms with Gasteiger partial charge < -0.3 is 9.80 Å². The third-order valence-electron chi connectivity index (χ3n) is 16.3. The minimum absolute atomic E-state index is 0.00748. The van der Waals surface area contributed by atoms with Gasteiger partial charge in [0.2, 0.25) is 0 Å². The van der Waals surface area contributed by atoms with E-state index in [1.165, 1.54) is 87.2 Å². The van der Waals surface area contributed by atoms with Crippen molar-refractivity contribution in [3.63, 3.8) is 0 Å². The maximum absolute atomic E-state index is 17.5. The first kappa shape index (κ1) is 42.5. The van der Waals surface area contributed by atoms with Crippen molar-refractivity contribution in [3.05, 3.63) is 148 Å². The van der Waals surface area contributed by atoms with Gasteiger partial charge >= 0.3 is 0 Å². The highest BCUT2D eigenvalue weighted by atomic mass is 32.1. The number of halogens is 1. The Labute approximate surface area is 392 Å². The molecule has 11 rings (SSSR count).